The van der Waals surface area contributed by atoms with Crippen molar-refractivity contribution in [3.8, 4) is 17.1 Å². The molecule has 146 valence electrons. The van der Waals surface area contributed by atoms with Crippen LogP contribution in [0.1, 0.15) is 5.69 Å². The van der Waals surface area contributed by atoms with Crippen LogP contribution in [0, 0.1) is 6.92 Å². The Morgan fingerprint density at radius 3 is 2.82 bits per heavy atom. The third-order valence-electron chi connectivity index (χ3n) is 3.77. The van der Waals surface area contributed by atoms with Gasteiger partial charge in [-0.1, -0.05) is 29.3 Å². The molecule has 0 saturated carbocycles. The SMILES string of the molecule is Cc1cc(=O)[nH]c(-c2ccc(NCC(O)COc3cccc(Cl)c3Cl)nc2)n1. The number of nitrogens with zero attached hydrogens (tertiary/aromatic N) is 2. The van der Waals surface area contributed by atoms with E-state index in [1.807, 2.05) is 0 Å². The minimum absolute atomic E-state index is 0.0413. The first-order chi connectivity index (χ1) is 13.4. The fourth-order valence-corrected chi connectivity index (χ4v) is 2.76. The Labute approximate surface area is 171 Å². The van der Waals surface area contributed by atoms with Crippen molar-refractivity contribution in [2.24, 2.45) is 0 Å². The van der Waals surface area contributed by atoms with Gasteiger partial charge in [-0.05, 0) is 31.2 Å². The molecule has 1 aromatic carbocycles. The average molecular weight is 421 g/mol. The zero-order valence-corrected chi connectivity index (χ0v) is 16.5. The largest absolute Gasteiger partial charge is 0.489 e. The summed E-state index contributed by atoms with van der Waals surface area (Å²) in [5.41, 5.74) is 1.10. The Balaban J connectivity index is 1.54. The summed E-state index contributed by atoms with van der Waals surface area (Å²) in [6.45, 7) is 2.02. The zero-order valence-electron chi connectivity index (χ0n) is 14.9. The summed E-state index contributed by atoms with van der Waals surface area (Å²) in [6.07, 6.45) is 0.806. The number of benzene rings is 1. The van der Waals surface area contributed by atoms with E-state index in [1.54, 1.807) is 43.5 Å². The zero-order chi connectivity index (χ0) is 20.1. The van der Waals surface area contributed by atoms with E-state index in [4.69, 9.17) is 27.9 Å². The number of anilines is 1. The van der Waals surface area contributed by atoms with Crippen molar-refractivity contribution in [3.63, 3.8) is 0 Å². The normalized spacial score (nSPS) is 11.9. The van der Waals surface area contributed by atoms with E-state index < -0.39 is 6.10 Å². The molecule has 0 aliphatic rings. The van der Waals surface area contributed by atoms with Gasteiger partial charge in [0.1, 0.15) is 35.1 Å². The van der Waals surface area contributed by atoms with Crippen LogP contribution in [0.5, 0.6) is 5.75 Å². The molecule has 3 aromatic rings. The molecule has 28 heavy (non-hydrogen) atoms. The van der Waals surface area contributed by atoms with Gasteiger partial charge in [0.15, 0.2) is 0 Å². The van der Waals surface area contributed by atoms with Gasteiger partial charge in [0.25, 0.3) is 5.56 Å². The van der Waals surface area contributed by atoms with Gasteiger partial charge in [0.05, 0.1) is 5.02 Å². The summed E-state index contributed by atoms with van der Waals surface area (Å²) in [5.74, 6) is 1.44. The molecule has 1 atom stereocenters. The van der Waals surface area contributed by atoms with Crippen LogP contribution >= 0.6 is 23.2 Å². The first kappa shape index (κ1) is 20.1. The van der Waals surface area contributed by atoms with E-state index in [-0.39, 0.29) is 18.7 Å². The molecule has 1 unspecified atom stereocenters. The second-order valence-corrected chi connectivity index (χ2v) is 6.85. The molecule has 0 aliphatic heterocycles. The molecule has 0 fully saturated rings. The van der Waals surface area contributed by atoms with Crippen molar-refractivity contribution in [2.45, 2.75) is 13.0 Å². The molecule has 2 aromatic heterocycles. The first-order valence-corrected chi connectivity index (χ1v) is 9.21. The van der Waals surface area contributed by atoms with E-state index in [9.17, 15) is 9.90 Å². The Bertz CT molecular complexity index is 1010. The number of aromatic amines is 1. The number of rotatable bonds is 7. The minimum atomic E-state index is -0.786. The smallest absolute Gasteiger partial charge is 0.251 e. The molecule has 0 spiro atoms. The summed E-state index contributed by atoms with van der Waals surface area (Å²) >= 11 is 12.0. The van der Waals surface area contributed by atoms with Crippen LogP contribution in [0.3, 0.4) is 0 Å². The molecule has 0 saturated heterocycles. The lowest BCUT2D eigenvalue weighted by atomic mass is 10.2. The molecule has 0 radical (unpaired) electrons. The second kappa shape index (κ2) is 9.05. The number of aryl methyl sites for hydroxylation is 1. The van der Waals surface area contributed by atoms with Crippen LogP contribution < -0.4 is 15.6 Å². The summed E-state index contributed by atoms with van der Waals surface area (Å²) in [7, 11) is 0. The maximum Gasteiger partial charge on any atom is 0.251 e. The van der Waals surface area contributed by atoms with Crippen LogP contribution in [0.15, 0.2) is 47.4 Å². The summed E-state index contributed by atoms with van der Waals surface area (Å²) in [5, 5.41) is 13.8. The van der Waals surface area contributed by atoms with E-state index in [2.05, 4.69) is 20.3 Å². The van der Waals surface area contributed by atoms with E-state index >= 15 is 0 Å². The molecule has 0 aliphatic carbocycles. The molecule has 9 heteroatoms. The van der Waals surface area contributed by atoms with Gasteiger partial charge in [-0.15, -0.1) is 0 Å². The highest BCUT2D eigenvalue weighted by Crippen LogP contribution is 2.31. The third-order valence-corrected chi connectivity index (χ3v) is 4.57. The maximum absolute atomic E-state index is 11.5. The van der Waals surface area contributed by atoms with Gasteiger partial charge >= 0.3 is 0 Å². The Kier molecular flexibility index (Phi) is 6.51. The average Bonchev–Trinajstić information content (AvgIpc) is 2.67. The number of hydrogen-bond donors (Lipinski definition) is 3. The molecular weight excluding hydrogens is 403 g/mol. The predicted molar refractivity (Wildman–Crippen MR) is 109 cm³/mol. The highest BCUT2D eigenvalue weighted by Gasteiger charge is 2.10. The number of ether oxygens (including phenoxy) is 1. The highest BCUT2D eigenvalue weighted by atomic mass is 35.5. The molecular formula is C19H18Cl2N4O3. The number of aliphatic hydroxyl groups is 1. The van der Waals surface area contributed by atoms with Crippen LogP contribution in [-0.2, 0) is 0 Å². The van der Waals surface area contributed by atoms with Crippen LogP contribution in [0.2, 0.25) is 10.0 Å². The van der Waals surface area contributed by atoms with Crippen LogP contribution in [-0.4, -0.2) is 39.3 Å². The number of aromatic nitrogens is 3. The standard InChI is InChI=1S/C19H18Cl2N4O3/c1-11-7-17(27)25-19(24-11)12-5-6-16(22-8-12)23-9-13(26)10-28-15-4-2-3-14(20)18(15)21/h2-8,13,26H,9-10H2,1H3,(H,22,23)(H,24,25,27). The van der Waals surface area contributed by atoms with Gasteiger partial charge < -0.3 is 20.1 Å². The van der Waals surface area contributed by atoms with Gasteiger partial charge in [-0.2, -0.15) is 0 Å². The minimum Gasteiger partial charge on any atom is -0.489 e. The molecule has 2 heterocycles. The molecule has 7 nitrogen and oxygen atoms in total. The lowest BCUT2D eigenvalue weighted by molar-refractivity contribution is 0.117. The second-order valence-electron chi connectivity index (χ2n) is 6.07. The summed E-state index contributed by atoms with van der Waals surface area (Å²) in [6, 6.07) is 9.99. The van der Waals surface area contributed by atoms with Crippen LogP contribution in [0.25, 0.3) is 11.4 Å². The molecule has 0 bridgehead atoms. The molecule has 3 N–H and O–H groups in total. The van der Waals surface area contributed by atoms with Crippen molar-refractivity contribution >= 4 is 29.0 Å². The predicted octanol–water partition coefficient (Wildman–Crippen LogP) is 3.30. The Morgan fingerprint density at radius 2 is 2.11 bits per heavy atom. The van der Waals surface area contributed by atoms with E-state index in [0.29, 0.717) is 38.7 Å². The first-order valence-electron chi connectivity index (χ1n) is 8.45. The molecule has 3 rings (SSSR count). The number of aliphatic hydroxyl groups excluding tert-OH is 1. The van der Waals surface area contributed by atoms with Crippen molar-refractivity contribution in [1.29, 1.82) is 0 Å². The van der Waals surface area contributed by atoms with Crippen molar-refractivity contribution in [2.75, 3.05) is 18.5 Å². The van der Waals surface area contributed by atoms with Crippen molar-refractivity contribution < 1.29 is 9.84 Å². The van der Waals surface area contributed by atoms with Gasteiger partial charge in [0.2, 0.25) is 0 Å². The van der Waals surface area contributed by atoms with Crippen molar-refractivity contribution in [3.05, 3.63) is 68.7 Å². The lowest BCUT2D eigenvalue weighted by Gasteiger charge is -2.14. The number of hydrogen-bond acceptors (Lipinski definition) is 6. The lowest BCUT2D eigenvalue weighted by Crippen LogP contribution is -2.26. The summed E-state index contributed by atoms with van der Waals surface area (Å²) < 4.78 is 5.50. The van der Waals surface area contributed by atoms with Crippen LogP contribution in [0.4, 0.5) is 5.82 Å². The highest BCUT2D eigenvalue weighted by molar-refractivity contribution is 6.42. The number of nitrogens with one attached hydrogen (secondary N) is 2. The fourth-order valence-electron chi connectivity index (χ4n) is 2.42. The number of halogens is 2. The summed E-state index contributed by atoms with van der Waals surface area (Å²) in [4.78, 5) is 22.8. The number of H-pyrrole nitrogens is 1. The monoisotopic (exact) mass is 420 g/mol. The Morgan fingerprint density at radius 1 is 1.29 bits per heavy atom. The van der Waals surface area contributed by atoms with Gasteiger partial charge in [0, 0.05) is 30.1 Å². The van der Waals surface area contributed by atoms with Gasteiger partial charge in [-0.25, -0.2) is 9.97 Å². The molecule has 0 amide bonds. The quantitative estimate of drug-likeness (QED) is 0.542. The van der Waals surface area contributed by atoms with E-state index in [0.717, 1.165) is 0 Å². The third kappa shape index (κ3) is 5.22. The number of pyridine rings is 1. The van der Waals surface area contributed by atoms with Gasteiger partial charge in [-0.3, -0.25) is 4.79 Å². The fraction of sp³-hybridized carbons (Fsp3) is 0.211. The van der Waals surface area contributed by atoms with Crippen molar-refractivity contribution in [1.82, 2.24) is 15.0 Å². The Hall–Kier alpha value is -2.61. The topological polar surface area (TPSA) is 100 Å². The maximum atomic E-state index is 11.5. The van der Waals surface area contributed by atoms with E-state index in [1.165, 1.54) is 6.07 Å².